The summed E-state index contributed by atoms with van der Waals surface area (Å²) < 4.78 is 10.8. The number of hydrogen-bond acceptors (Lipinski definition) is 6. The fraction of sp³-hybridized carbons (Fsp3) is 0.538. The Hall–Kier alpha value is -2.18. The number of nitrogens with zero attached hydrogens (tertiary/aromatic N) is 2. The number of carbonyl (C=O) groups is 2. The number of ether oxygens (including phenoxy) is 2. The molecule has 0 aromatic carbocycles. The van der Waals surface area contributed by atoms with Gasteiger partial charge in [-0.3, -0.25) is 19.0 Å². The van der Waals surface area contributed by atoms with Gasteiger partial charge in [0.25, 0.3) is 11.6 Å². The van der Waals surface area contributed by atoms with Gasteiger partial charge in [0.1, 0.15) is 0 Å². The molecule has 0 atom stereocenters. The first-order chi connectivity index (χ1) is 9.47. The van der Waals surface area contributed by atoms with Crippen LogP contribution in [0.3, 0.4) is 0 Å². The number of Topliss-reactive ketones (excluding diaryl/α,β-unsaturated/α-hetero) is 1. The lowest BCUT2D eigenvalue weighted by molar-refractivity contribution is -0.144. The van der Waals surface area contributed by atoms with Crippen molar-refractivity contribution in [2.75, 3.05) is 13.7 Å². The maximum Gasteiger partial charge on any atom is 0.306 e. The van der Waals surface area contributed by atoms with Gasteiger partial charge in [-0.25, -0.2) is 4.98 Å². The van der Waals surface area contributed by atoms with Gasteiger partial charge in [-0.05, 0) is 13.8 Å². The Morgan fingerprint density at radius 3 is 2.65 bits per heavy atom. The molecule has 0 bridgehead atoms. The van der Waals surface area contributed by atoms with Gasteiger partial charge in [0.2, 0.25) is 0 Å². The molecule has 0 saturated heterocycles. The van der Waals surface area contributed by atoms with Crippen molar-refractivity contribution >= 4 is 11.8 Å². The van der Waals surface area contributed by atoms with E-state index < -0.39 is 5.97 Å². The van der Waals surface area contributed by atoms with E-state index in [1.165, 1.54) is 13.2 Å². The highest BCUT2D eigenvalue weighted by atomic mass is 16.5. The Labute approximate surface area is 116 Å². The molecule has 0 unspecified atom stereocenters. The Bertz CT molecular complexity index is 550. The van der Waals surface area contributed by atoms with Gasteiger partial charge in [-0.15, -0.1) is 0 Å². The monoisotopic (exact) mass is 282 g/mol. The van der Waals surface area contributed by atoms with Crippen LogP contribution in [0.2, 0.25) is 0 Å². The molecule has 1 rings (SSSR count). The highest BCUT2D eigenvalue weighted by Gasteiger charge is 2.13. The minimum atomic E-state index is -0.429. The normalized spacial score (nSPS) is 10.2. The van der Waals surface area contributed by atoms with E-state index in [0.29, 0.717) is 5.69 Å². The lowest BCUT2D eigenvalue weighted by Crippen LogP contribution is -2.26. The van der Waals surface area contributed by atoms with Crippen molar-refractivity contribution in [1.82, 2.24) is 9.55 Å². The number of rotatable bonds is 7. The third-order valence-corrected chi connectivity index (χ3v) is 2.53. The third kappa shape index (κ3) is 4.49. The quantitative estimate of drug-likeness (QED) is 0.676. The topological polar surface area (TPSA) is 87.5 Å². The lowest BCUT2D eigenvalue weighted by atomic mass is 10.2. The minimum absolute atomic E-state index is 0.00301. The summed E-state index contributed by atoms with van der Waals surface area (Å²) in [4.78, 5) is 38.8. The summed E-state index contributed by atoms with van der Waals surface area (Å²) in [5.74, 6) is -0.689. The Kier molecular flexibility index (Phi) is 5.89. The van der Waals surface area contributed by atoms with Gasteiger partial charge in [-0.2, -0.15) is 0 Å². The van der Waals surface area contributed by atoms with E-state index in [9.17, 15) is 14.4 Å². The molecule has 0 spiro atoms. The summed E-state index contributed by atoms with van der Waals surface area (Å²) >= 11 is 0. The third-order valence-electron chi connectivity index (χ3n) is 2.53. The predicted octanol–water partition coefficient (Wildman–Crippen LogP) is 0.473. The molecule has 20 heavy (non-hydrogen) atoms. The van der Waals surface area contributed by atoms with Crippen molar-refractivity contribution in [3.8, 4) is 6.01 Å². The molecule has 0 amide bonds. The fourth-order valence-corrected chi connectivity index (χ4v) is 1.63. The van der Waals surface area contributed by atoms with Gasteiger partial charge >= 0.3 is 5.97 Å². The number of carbonyl (C=O) groups excluding carboxylic acids is 2. The molecule has 0 aliphatic carbocycles. The van der Waals surface area contributed by atoms with Crippen LogP contribution in [0.4, 0.5) is 0 Å². The van der Waals surface area contributed by atoms with Crippen molar-refractivity contribution in [3.05, 3.63) is 22.1 Å². The molecular formula is C13H18N2O5. The van der Waals surface area contributed by atoms with E-state index in [1.54, 1.807) is 13.8 Å². The summed E-state index contributed by atoms with van der Waals surface area (Å²) in [6.45, 7) is 3.47. The average molecular weight is 282 g/mol. The zero-order valence-corrected chi connectivity index (χ0v) is 11.8. The van der Waals surface area contributed by atoms with Crippen LogP contribution in [0.25, 0.3) is 0 Å². The van der Waals surface area contributed by atoms with Crippen LogP contribution in [0, 0.1) is 6.92 Å². The van der Waals surface area contributed by atoms with E-state index in [1.807, 2.05) is 0 Å². The van der Waals surface area contributed by atoms with Crippen molar-refractivity contribution in [1.29, 1.82) is 0 Å². The molecule has 0 N–H and O–H groups in total. The van der Waals surface area contributed by atoms with E-state index in [-0.39, 0.29) is 43.3 Å². The van der Waals surface area contributed by atoms with Crippen LogP contribution in [-0.4, -0.2) is 35.0 Å². The van der Waals surface area contributed by atoms with Crippen LogP contribution in [-0.2, 0) is 20.9 Å². The van der Waals surface area contributed by atoms with Crippen molar-refractivity contribution < 1.29 is 19.1 Å². The van der Waals surface area contributed by atoms with E-state index in [4.69, 9.17) is 9.47 Å². The highest BCUT2D eigenvalue weighted by Crippen LogP contribution is 2.05. The molecule has 0 fully saturated rings. The van der Waals surface area contributed by atoms with Crippen LogP contribution >= 0.6 is 0 Å². The second-order valence-electron chi connectivity index (χ2n) is 4.15. The minimum Gasteiger partial charge on any atom is -0.468 e. The van der Waals surface area contributed by atoms with Crippen molar-refractivity contribution in [2.24, 2.45) is 0 Å². The number of esters is 1. The summed E-state index contributed by atoms with van der Waals surface area (Å²) in [5, 5.41) is 0. The van der Waals surface area contributed by atoms with Gasteiger partial charge in [0.05, 0.1) is 26.7 Å². The maximum absolute atomic E-state index is 11.8. The number of ketones is 1. The van der Waals surface area contributed by atoms with Gasteiger partial charge in [0.15, 0.2) is 5.78 Å². The van der Waals surface area contributed by atoms with Gasteiger partial charge in [-0.1, -0.05) is 0 Å². The van der Waals surface area contributed by atoms with Gasteiger partial charge < -0.3 is 9.47 Å². The van der Waals surface area contributed by atoms with E-state index in [0.717, 1.165) is 4.57 Å². The van der Waals surface area contributed by atoms with Crippen molar-refractivity contribution in [2.45, 2.75) is 33.2 Å². The Morgan fingerprint density at radius 2 is 2.05 bits per heavy atom. The van der Waals surface area contributed by atoms with Gasteiger partial charge in [0, 0.05) is 18.2 Å². The van der Waals surface area contributed by atoms with E-state index in [2.05, 4.69) is 4.98 Å². The molecule has 0 aliphatic heterocycles. The first kappa shape index (κ1) is 15.9. The molecule has 110 valence electrons. The molecule has 0 radical (unpaired) electrons. The summed E-state index contributed by atoms with van der Waals surface area (Å²) in [5.41, 5.74) is 0.154. The highest BCUT2D eigenvalue weighted by molar-refractivity contribution is 5.82. The zero-order chi connectivity index (χ0) is 15.1. The Balaban J connectivity index is 2.71. The van der Waals surface area contributed by atoms with Crippen LogP contribution in [0.1, 0.15) is 25.5 Å². The number of aromatic nitrogens is 2. The molecule has 1 aromatic heterocycles. The first-order valence-corrected chi connectivity index (χ1v) is 6.27. The molecule has 7 nitrogen and oxygen atoms in total. The maximum atomic E-state index is 11.8. The lowest BCUT2D eigenvalue weighted by Gasteiger charge is -2.10. The summed E-state index contributed by atoms with van der Waals surface area (Å²) in [6, 6.07) is 1.40. The predicted molar refractivity (Wildman–Crippen MR) is 70.7 cm³/mol. The SMILES string of the molecule is CCOC(=O)CCC(=O)Cn1c(OC)nc(C)cc1=O. The second-order valence-corrected chi connectivity index (χ2v) is 4.15. The molecule has 7 heteroatoms. The largest absolute Gasteiger partial charge is 0.468 e. The number of methoxy groups -OCH3 is 1. The molecule has 0 aliphatic rings. The van der Waals surface area contributed by atoms with Crippen LogP contribution in [0.5, 0.6) is 6.01 Å². The number of aryl methyl sites for hydroxylation is 1. The smallest absolute Gasteiger partial charge is 0.306 e. The number of hydrogen-bond donors (Lipinski definition) is 0. The van der Waals surface area contributed by atoms with Crippen LogP contribution in [0.15, 0.2) is 10.9 Å². The Morgan fingerprint density at radius 1 is 1.35 bits per heavy atom. The van der Waals surface area contributed by atoms with Crippen LogP contribution < -0.4 is 10.3 Å². The second kappa shape index (κ2) is 7.42. The molecule has 1 heterocycles. The first-order valence-electron chi connectivity index (χ1n) is 6.27. The van der Waals surface area contributed by atoms with Crippen molar-refractivity contribution in [3.63, 3.8) is 0 Å². The molecule has 0 saturated carbocycles. The summed E-state index contributed by atoms with van der Waals surface area (Å²) in [6.07, 6.45) is 0.0192. The zero-order valence-electron chi connectivity index (χ0n) is 11.8. The molecular weight excluding hydrogens is 264 g/mol. The molecule has 1 aromatic rings. The fourth-order valence-electron chi connectivity index (χ4n) is 1.63. The standard InChI is InChI=1S/C13H18N2O5/c1-4-20-12(18)6-5-10(16)8-15-11(17)7-9(2)14-13(15)19-3/h7H,4-6,8H2,1-3H3. The summed E-state index contributed by atoms with van der Waals surface area (Å²) in [7, 11) is 1.38. The van der Waals surface area contributed by atoms with E-state index >= 15 is 0 Å². The average Bonchev–Trinajstić information content (AvgIpc) is 2.39.